The minimum absolute atomic E-state index is 0.0210. The van der Waals surface area contributed by atoms with Gasteiger partial charge in [0.1, 0.15) is 0 Å². The van der Waals surface area contributed by atoms with Crippen LogP contribution in [0.25, 0.3) is 0 Å². The molecule has 1 heterocycles. The quantitative estimate of drug-likeness (QED) is 0.853. The Morgan fingerprint density at radius 1 is 1.04 bits per heavy atom. The maximum absolute atomic E-state index is 12.6. The number of carbonyl (C=O) groups is 2. The zero-order valence-electron chi connectivity index (χ0n) is 13.4. The van der Waals surface area contributed by atoms with Crippen LogP contribution in [-0.4, -0.2) is 29.8 Å². The molecule has 0 aromatic heterocycles. The Morgan fingerprint density at radius 3 is 2.50 bits per heavy atom. The van der Waals surface area contributed by atoms with Crippen molar-refractivity contribution in [2.45, 2.75) is 12.8 Å². The summed E-state index contributed by atoms with van der Waals surface area (Å²) in [6, 6.07) is 16.4. The number of likely N-dealkylation sites (tertiary alicyclic amines) is 1. The fourth-order valence-electron chi connectivity index (χ4n) is 2.98. The molecule has 0 bridgehead atoms. The number of anilines is 2. The molecule has 0 radical (unpaired) electrons. The number of para-hydroxylation sites is 2. The summed E-state index contributed by atoms with van der Waals surface area (Å²) in [6.07, 6.45) is 1.60. The van der Waals surface area contributed by atoms with E-state index in [1.165, 1.54) is 0 Å². The molecule has 0 spiro atoms. The third-order valence-electron chi connectivity index (χ3n) is 4.32. The largest absolute Gasteiger partial charge is 0.397 e. The Hall–Kier alpha value is -2.82. The summed E-state index contributed by atoms with van der Waals surface area (Å²) in [5.41, 5.74) is 7.69. The standard InChI is InChI=1S/C19H21N3O2/c20-16-10-4-5-11-17(16)21-18(23)15-9-6-12-22(13-15)19(24)14-7-2-1-3-8-14/h1-5,7-8,10-11,15H,6,9,12-13,20H2,(H,21,23). The number of nitrogen functional groups attached to an aromatic ring is 1. The first kappa shape index (κ1) is 16.1. The minimum Gasteiger partial charge on any atom is -0.397 e. The van der Waals surface area contributed by atoms with E-state index in [0.29, 0.717) is 30.0 Å². The van der Waals surface area contributed by atoms with Gasteiger partial charge in [0.15, 0.2) is 0 Å². The van der Waals surface area contributed by atoms with Crippen LogP contribution < -0.4 is 11.1 Å². The van der Waals surface area contributed by atoms with Crippen molar-refractivity contribution in [3.63, 3.8) is 0 Å². The molecular weight excluding hydrogens is 302 g/mol. The number of benzene rings is 2. The van der Waals surface area contributed by atoms with Gasteiger partial charge in [-0.05, 0) is 37.1 Å². The third kappa shape index (κ3) is 3.56. The van der Waals surface area contributed by atoms with Crippen LogP contribution in [-0.2, 0) is 4.79 Å². The van der Waals surface area contributed by atoms with Crippen LogP contribution in [0.2, 0.25) is 0 Å². The van der Waals surface area contributed by atoms with E-state index in [1.54, 1.807) is 29.2 Å². The number of hydrogen-bond donors (Lipinski definition) is 2. The first-order chi connectivity index (χ1) is 11.6. The molecule has 1 unspecified atom stereocenters. The highest BCUT2D eigenvalue weighted by Gasteiger charge is 2.29. The maximum Gasteiger partial charge on any atom is 0.253 e. The van der Waals surface area contributed by atoms with Gasteiger partial charge in [0.25, 0.3) is 5.91 Å². The molecule has 3 rings (SSSR count). The lowest BCUT2D eigenvalue weighted by atomic mass is 9.96. The summed E-state index contributed by atoms with van der Waals surface area (Å²) in [6.45, 7) is 1.12. The van der Waals surface area contributed by atoms with Crippen molar-refractivity contribution in [2.75, 3.05) is 24.1 Å². The maximum atomic E-state index is 12.6. The van der Waals surface area contributed by atoms with Crippen LogP contribution in [0.15, 0.2) is 54.6 Å². The highest BCUT2D eigenvalue weighted by Crippen LogP contribution is 2.22. The number of piperidine rings is 1. The molecule has 3 N–H and O–H groups in total. The molecule has 1 saturated heterocycles. The Morgan fingerprint density at radius 2 is 1.75 bits per heavy atom. The fourth-order valence-corrected chi connectivity index (χ4v) is 2.98. The number of amides is 2. The van der Waals surface area contributed by atoms with Crippen molar-refractivity contribution in [3.05, 3.63) is 60.2 Å². The summed E-state index contributed by atoms with van der Waals surface area (Å²) in [4.78, 5) is 26.8. The number of carbonyl (C=O) groups excluding carboxylic acids is 2. The molecule has 0 aliphatic carbocycles. The van der Waals surface area contributed by atoms with Crippen molar-refractivity contribution in [1.82, 2.24) is 4.90 Å². The second-order valence-electron chi connectivity index (χ2n) is 6.03. The monoisotopic (exact) mass is 323 g/mol. The molecular formula is C19H21N3O2. The second-order valence-corrected chi connectivity index (χ2v) is 6.03. The molecule has 5 nitrogen and oxygen atoms in total. The Kier molecular flexibility index (Phi) is 4.79. The Balaban J connectivity index is 1.66. The number of rotatable bonds is 3. The number of hydrogen-bond acceptors (Lipinski definition) is 3. The van der Waals surface area contributed by atoms with E-state index in [9.17, 15) is 9.59 Å². The predicted molar refractivity (Wildman–Crippen MR) is 94.6 cm³/mol. The average Bonchev–Trinajstić information content (AvgIpc) is 2.64. The Labute approximate surface area is 141 Å². The van der Waals surface area contributed by atoms with Crippen molar-refractivity contribution >= 4 is 23.2 Å². The number of nitrogens with two attached hydrogens (primary N) is 1. The molecule has 1 aliphatic heterocycles. The molecule has 2 amide bonds. The lowest BCUT2D eigenvalue weighted by molar-refractivity contribution is -0.121. The summed E-state index contributed by atoms with van der Waals surface area (Å²) in [7, 11) is 0. The first-order valence-corrected chi connectivity index (χ1v) is 8.15. The Bertz CT molecular complexity index is 730. The molecule has 24 heavy (non-hydrogen) atoms. The number of nitrogens with zero attached hydrogens (tertiary/aromatic N) is 1. The van der Waals surface area contributed by atoms with E-state index >= 15 is 0 Å². The molecule has 1 aliphatic rings. The topological polar surface area (TPSA) is 75.4 Å². The van der Waals surface area contributed by atoms with Gasteiger partial charge in [-0.3, -0.25) is 9.59 Å². The van der Waals surface area contributed by atoms with Crippen LogP contribution in [0.4, 0.5) is 11.4 Å². The van der Waals surface area contributed by atoms with Crippen LogP contribution in [0.3, 0.4) is 0 Å². The van der Waals surface area contributed by atoms with E-state index < -0.39 is 0 Å². The summed E-state index contributed by atoms with van der Waals surface area (Å²) < 4.78 is 0. The summed E-state index contributed by atoms with van der Waals surface area (Å²) in [5.74, 6) is -0.322. The minimum atomic E-state index is -0.217. The van der Waals surface area contributed by atoms with Gasteiger partial charge in [-0.2, -0.15) is 0 Å². The number of nitrogens with one attached hydrogen (secondary N) is 1. The smallest absolute Gasteiger partial charge is 0.253 e. The van der Waals surface area contributed by atoms with Gasteiger partial charge in [0.05, 0.1) is 17.3 Å². The van der Waals surface area contributed by atoms with Gasteiger partial charge < -0.3 is 16.0 Å². The third-order valence-corrected chi connectivity index (χ3v) is 4.32. The van der Waals surface area contributed by atoms with Crippen LogP contribution >= 0.6 is 0 Å². The van der Waals surface area contributed by atoms with Gasteiger partial charge in [0.2, 0.25) is 5.91 Å². The van der Waals surface area contributed by atoms with Crippen molar-refractivity contribution in [1.29, 1.82) is 0 Å². The SMILES string of the molecule is Nc1ccccc1NC(=O)C1CCCN(C(=O)c2ccccc2)C1. The van der Waals surface area contributed by atoms with Crippen LogP contribution in [0, 0.1) is 5.92 Å². The highest BCUT2D eigenvalue weighted by atomic mass is 16.2. The molecule has 124 valence electrons. The van der Waals surface area contributed by atoms with Gasteiger partial charge in [-0.15, -0.1) is 0 Å². The van der Waals surface area contributed by atoms with Crippen molar-refractivity contribution in [3.8, 4) is 0 Å². The average molecular weight is 323 g/mol. The zero-order valence-corrected chi connectivity index (χ0v) is 13.4. The molecule has 2 aromatic rings. The fraction of sp³-hybridized carbons (Fsp3) is 0.263. The second kappa shape index (κ2) is 7.17. The van der Waals surface area contributed by atoms with Crippen LogP contribution in [0.1, 0.15) is 23.2 Å². The molecule has 5 heteroatoms. The van der Waals surface area contributed by atoms with Gasteiger partial charge >= 0.3 is 0 Å². The van der Waals surface area contributed by atoms with E-state index in [0.717, 1.165) is 12.8 Å². The zero-order chi connectivity index (χ0) is 16.9. The predicted octanol–water partition coefficient (Wildman–Crippen LogP) is 2.76. The van der Waals surface area contributed by atoms with Crippen molar-refractivity contribution < 1.29 is 9.59 Å². The summed E-state index contributed by atoms with van der Waals surface area (Å²) in [5, 5.41) is 2.88. The van der Waals surface area contributed by atoms with E-state index in [1.807, 2.05) is 30.3 Å². The van der Waals surface area contributed by atoms with Gasteiger partial charge in [0, 0.05) is 18.7 Å². The van der Waals surface area contributed by atoms with Gasteiger partial charge in [-0.25, -0.2) is 0 Å². The summed E-state index contributed by atoms with van der Waals surface area (Å²) >= 11 is 0. The lowest BCUT2D eigenvalue weighted by Crippen LogP contribution is -2.43. The molecule has 1 atom stereocenters. The normalized spacial score (nSPS) is 17.3. The molecule has 1 fully saturated rings. The molecule has 0 saturated carbocycles. The van der Waals surface area contributed by atoms with Gasteiger partial charge in [-0.1, -0.05) is 30.3 Å². The first-order valence-electron chi connectivity index (χ1n) is 8.15. The van der Waals surface area contributed by atoms with E-state index in [-0.39, 0.29) is 17.7 Å². The molecule has 2 aromatic carbocycles. The van der Waals surface area contributed by atoms with Crippen LogP contribution in [0.5, 0.6) is 0 Å². The highest BCUT2D eigenvalue weighted by molar-refractivity contribution is 5.97. The lowest BCUT2D eigenvalue weighted by Gasteiger charge is -2.32. The van der Waals surface area contributed by atoms with Crippen molar-refractivity contribution in [2.24, 2.45) is 5.92 Å². The van der Waals surface area contributed by atoms with E-state index in [2.05, 4.69) is 5.32 Å². The van der Waals surface area contributed by atoms with E-state index in [4.69, 9.17) is 5.73 Å².